The SMILES string of the molecule is CN(CCF)C(=O)c1c(NC(=O)Oc2nc(C3CC3)cnc2Nc2cncnc2)cnn1C. The summed E-state index contributed by atoms with van der Waals surface area (Å²) in [7, 11) is 3.00. The van der Waals surface area contributed by atoms with Gasteiger partial charge in [0.05, 0.1) is 41.9 Å². The third-order valence-corrected chi connectivity index (χ3v) is 4.91. The third kappa shape index (κ3) is 5.19. The number of carbonyl (C=O) groups is 2. The fourth-order valence-electron chi connectivity index (χ4n) is 3.03. The first-order valence-corrected chi connectivity index (χ1v) is 10.2. The molecule has 1 aliphatic rings. The predicted octanol–water partition coefficient (Wildman–Crippen LogP) is 2.27. The quantitative estimate of drug-likeness (QED) is 0.523. The average Bonchev–Trinajstić information content (AvgIpc) is 3.59. The van der Waals surface area contributed by atoms with Crippen LogP contribution in [0.25, 0.3) is 0 Å². The molecule has 1 fully saturated rings. The molecular weight excluding hydrogens is 433 g/mol. The molecule has 0 aromatic carbocycles. The highest BCUT2D eigenvalue weighted by Crippen LogP contribution is 2.40. The minimum atomic E-state index is -0.889. The number of amides is 2. The Balaban J connectivity index is 1.54. The highest BCUT2D eigenvalue weighted by atomic mass is 19.1. The topological polar surface area (TPSA) is 140 Å². The molecular formula is C20H22FN9O3. The highest BCUT2D eigenvalue weighted by Gasteiger charge is 2.28. The van der Waals surface area contributed by atoms with Gasteiger partial charge in [0.15, 0.2) is 5.82 Å². The molecule has 0 saturated heterocycles. The molecule has 0 spiro atoms. The van der Waals surface area contributed by atoms with Crippen LogP contribution in [0.1, 0.15) is 34.9 Å². The number of hydrogen-bond donors (Lipinski definition) is 2. The third-order valence-electron chi connectivity index (χ3n) is 4.91. The van der Waals surface area contributed by atoms with Crippen molar-refractivity contribution >= 4 is 29.2 Å². The average molecular weight is 455 g/mol. The molecule has 3 aromatic heterocycles. The zero-order valence-corrected chi connectivity index (χ0v) is 18.0. The molecule has 0 atom stereocenters. The van der Waals surface area contributed by atoms with Crippen LogP contribution in [-0.4, -0.2) is 66.9 Å². The summed E-state index contributed by atoms with van der Waals surface area (Å²) >= 11 is 0. The van der Waals surface area contributed by atoms with Crippen molar-refractivity contribution in [2.24, 2.45) is 7.05 Å². The van der Waals surface area contributed by atoms with Crippen molar-refractivity contribution in [1.29, 1.82) is 0 Å². The van der Waals surface area contributed by atoms with Gasteiger partial charge in [-0.3, -0.25) is 14.8 Å². The lowest BCUT2D eigenvalue weighted by Gasteiger charge is -2.16. The summed E-state index contributed by atoms with van der Waals surface area (Å²) < 4.78 is 19.4. The second-order valence-electron chi connectivity index (χ2n) is 7.44. The normalized spacial score (nSPS) is 12.8. The van der Waals surface area contributed by atoms with E-state index in [1.54, 1.807) is 13.2 Å². The molecule has 0 unspecified atom stereocenters. The number of nitrogens with one attached hydrogen (secondary N) is 2. The summed E-state index contributed by atoms with van der Waals surface area (Å²) in [5.74, 6) is -0.0444. The van der Waals surface area contributed by atoms with Crippen LogP contribution in [0.4, 0.5) is 26.4 Å². The van der Waals surface area contributed by atoms with E-state index in [1.807, 2.05) is 0 Å². The molecule has 13 heteroatoms. The number of aromatic nitrogens is 6. The van der Waals surface area contributed by atoms with E-state index < -0.39 is 18.7 Å². The van der Waals surface area contributed by atoms with E-state index in [-0.39, 0.29) is 35.5 Å². The largest absolute Gasteiger partial charge is 0.418 e. The van der Waals surface area contributed by atoms with Gasteiger partial charge in [-0.05, 0) is 12.8 Å². The molecule has 0 radical (unpaired) electrons. The Hall–Kier alpha value is -4.16. The number of hydrogen-bond acceptors (Lipinski definition) is 9. The van der Waals surface area contributed by atoms with Crippen molar-refractivity contribution in [2.75, 3.05) is 30.9 Å². The number of halogens is 1. The number of aryl methyl sites for hydroxylation is 1. The molecule has 0 aliphatic heterocycles. The maximum Gasteiger partial charge on any atom is 0.418 e. The van der Waals surface area contributed by atoms with E-state index in [1.165, 1.54) is 41.5 Å². The Morgan fingerprint density at radius 2 is 2.00 bits per heavy atom. The summed E-state index contributed by atoms with van der Waals surface area (Å²) in [6, 6.07) is 0. The van der Waals surface area contributed by atoms with Crippen LogP contribution in [0, 0.1) is 0 Å². The van der Waals surface area contributed by atoms with Gasteiger partial charge in [-0.2, -0.15) is 5.10 Å². The maximum atomic E-state index is 12.7. The molecule has 2 N–H and O–H groups in total. The number of anilines is 3. The van der Waals surface area contributed by atoms with E-state index in [0.717, 1.165) is 18.5 Å². The fourth-order valence-corrected chi connectivity index (χ4v) is 3.03. The van der Waals surface area contributed by atoms with E-state index in [9.17, 15) is 14.0 Å². The summed E-state index contributed by atoms with van der Waals surface area (Å²) in [6.45, 7) is -0.779. The second kappa shape index (κ2) is 9.54. The smallest absolute Gasteiger partial charge is 0.387 e. The molecule has 12 nitrogen and oxygen atoms in total. The van der Waals surface area contributed by atoms with Crippen molar-refractivity contribution in [3.63, 3.8) is 0 Å². The zero-order chi connectivity index (χ0) is 23.4. The van der Waals surface area contributed by atoms with Crippen LogP contribution in [0.2, 0.25) is 0 Å². The van der Waals surface area contributed by atoms with Crippen molar-refractivity contribution in [2.45, 2.75) is 18.8 Å². The molecule has 3 aromatic rings. The summed E-state index contributed by atoms with van der Waals surface area (Å²) in [5.41, 5.74) is 1.46. The summed E-state index contributed by atoms with van der Waals surface area (Å²) in [4.78, 5) is 43.1. The van der Waals surface area contributed by atoms with Crippen LogP contribution in [0.5, 0.6) is 5.88 Å². The number of rotatable bonds is 8. The van der Waals surface area contributed by atoms with Gasteiger partial charge in [-0.1, -0.05) is 0 Å². The lowest BCUT2D eigenvalue weighted by Crippen LogP contribution is -2.31. The Labute approximate surface area is 188 Å². The van der Waals surface area contributed by atoms with Crippen molar-refractivity contribution in [3.05, 3.63) is 42.5 Å². The summed E-state index contributed by atoms with van der Waals surface area (Å²) in [6.07, 6.45) is 8.50. The summed E-state index contributed by atoms with van der Waals surface area (Å²) in [5, 5.41) is 9.49. The molecule has 33 heavy (non-hydrogen) atoms. The molecule has 1 aliphatic carbocycles. The van der Waals surface area contributed by atoms with E-state index >= 15 is 0 Å². The number of alkyl halides is 1. The first-order chi connectivity index (χ1) is 16.0. The molecule has 0 bridgehead atoms. The van der Waals surface area contributed by atoms with Crippen molar-refractivity contribution in [3.8, 4) is 5.88 Å². The Bertz CT molecular complexity index is 1150. The minimum Gasteiger partial charge on any atom is -0.387 e. The van der Waals surface area contributed by atoms with E-state index in [2.05, 4.69) is 35.7 Å². The van der Waals surface area contributed by atoms with Gasteiger partial charge in [-0.25, -0.2) is 29.1 Å². The van der Waals surface area contributed by atoms with E-state index in [0.29, 0.717) is 5.69 Å². The predicted molar refractivity (Wildman–Crippen MR) is 115 cm³/mol. The molecule has 3 heterocycles. The number of ether oxygens (including phenoxy) is 1. The highest BCUT2D eigenvalue weighted by molar-refractivity contribution is 6.01. The zero-order valence-electron chi connectivity index (χ0n) is 18.0. The second-order valence-corrected chi connectivity index (χ2v) is 7.44. The minimum absolute atomic E-state index is 0.0351. The Morgan fingerprint density at radius 3 is 2.70 bits per heavy atom. The molecule has 4 rings (SSSR count). The van der Waals surface area contributed by atoms with Crippen molar-refractivity contribution in [1.82, 2.24) is 34.6 Å². The van der Waals surface area contributed by atoms with Gasteiger partial charge in [0, 0.05) is 26.6 Å². The maximum absolute atomic E-state index is 12.7. The fraction of sp³-hybridized carbons (Fsp3) is 0.350. The van der Waals surface area contributed by atoms with Crippen LogP contribution in [0.3, 0.4) is 0 Å². The van der Waals surface area contributed by atoms with Gasteiger partial charge in [0.25, 0.3) is 11.8 Å². The number of nitrogens with zero attached hydrogens (tertiary/aromatic N) is 7. The van der Waals surface area contributed by atoms with Crippen LogP contribution < -0.4 is 15.4 Å². The van der Waals surface area contributed by atoms with Crippen molar-refractivity contribution < 1.29 is 18.7 Å². The van der Waals surface area contributed by atoms with Gasteiger partial charge in [-0.15, -0.1) is 0 Å². The van der Waals surface area contributed by atoms with Gasteiger partial charge in [0.1, 0.15) is 18.7 Å². The Kier molecular flexibility index (Phi) is 6.38. The lowest BCUT2D eigenvalue weighted by atomic mass is 10.3. The van der Waals surface area contributed by atoms with Crippen LogP contribution in [0.15, 0.2) is 31.1 Å². The monoisotopic (exact) mass is 455 g/mol. The standard InChI is InChI=1S/C20H22FN9O3/c1-29(6-5-21)19(31)16-15(10-25-30(16)2)28-20(32)33-18-17(26-13-7-22-11-23-8-13)24-9-14(27-18)12-3-4-12/h7-12H,3-6H2,1-2H3,(H,24,26)(H,28,32). The van der Waals surface area contributed by atoms with Gasteiger partial charge < -0.3 is 15.0 Å². The Morgan fingerprint density at radius 1 is 1.24 bits per heavy atom. The molecule has 1 saturated carbocycles. The van der Waals surface area contributed by atoms with Crippen LogP contribution >= 0.6 is 0 Å². The molecule has 172 valence electrons. The lowest BCUT2D eigenvalue weighted by molar-refractivity contribution is 0.0776. The first-order valence-electron chi connectivity index (χ1n) is 10.2. The molecule has 2 amide bonds. The first kappa shape index (κ1) is 22.0. The van der Waals surface area contributed by atoms with Gasteiger partial charge >= 0.3 is 6.09 Å². The number of carbonyl (C=O) groups excluding carboxylic acids is 2. The van der Waals surface area contributed by atoms with E-state index in [4.69, 9.17) is 4.74 Å². The van der Waals surface area contributed by atoms with Gasteiger partial charge in [0.2, 0.25) is 0 Å². The van der Waals surface area contributed by atoms with Crippen LogP contribution in [-0.2, 0) is 7.05 Å².